The number of carbonyl (C=O) groups excluding carboxylic acids is 1. The minimum atomic E-state index is -0.218. The quantitative estimate of drug-likeness (QED) is 0.828. The van der Waals surface area contributed by atoms with Gasteiger partial charge in [0.25, 0.3) is 0 Å². The van der Waals surface area contributed by atoms with Crippen molar-refractivity contribution in [3.8, 4) is 0 Å². The van der Waals surface area contributed by atoms with Gasteiger partial charge >= 0.3 is 6.03 Å². The van der Waals surface area contributed by atoms with Gasteiger partial charge in [-0.1, -0.05) is 24.6 Å². The molecule has 7 heteroatoms. The molecule has 112 valence electrons. The van der Waals surface area contributed by atoms with E-state index in [1.54, 1.807) is 23.6 Å². The number of carbonyl (C=O) groups is 1. The van der Waals surface area contributed by atoms with Gasteiger partial charge in [-0.2, -0.15) is 0 Å². The first kappa shape index (κ1) is 15.7. The summed E-state index contributed by atoms with van der Waals surface area (Å²) in [6.07, 6.45) is 2.44. The molecule has 0 aliphatic carbocycles. The van der Waals surface area contributed by atoms with E-state index in [1.807, 2.05) is 25.3 Å². The molecule has 2 amide bonds. The van der Waals surface area contributed by atoms with Crippen molar-refractivity contribution in [2.24, 2.45) is 0 Å². The predicted molar refractivity (Wildman–Crippen MR) is 84.5 cm³/mol. The fourth-order valence-electron chi connectivity index (χ4n) is 1.77. The summed E-state index contributed by atoms with van der Waals surface area (Å²) in [5, 5.41) is 9.08. The molecular weight excluding hydrogens is 308 g/mol. The minimum absolute atomic E-state index is 0.0629. The molecule has 0 fully saturated rings. The molecular formula is C14H17ClN4OS. The van der Waals surface area contributed by atoms with E-state index >= 15 is 0 Å². The van der Waals surface area contributed by atoms with Crippen LogP contribution in [0.3, 0.4) is 0 Å². The van der Waals surface area contributed by atoms with Gasteiger partial charge in [-0.15, -0.1) is 11.3 Å². The number of hydrogen-bond acceptors (Lipinski definition) is 4. The molecule has 2 heterocycles. The highest BCUT2D eigenvalue weighted by molar-refractivity contribution is 7.09. The van der Waals surface area contributed by atoms with Crippen LogP contribution in [0.2, 0.25) is 5.15 Å². The van der Waals surface area contributed by atoms with Crippen LogP contribution in [0.15, 0.2) is 23.7 Å². The molecule has 0 saturated heterocycles. The number of aromatic nitrogens is 2. The Bertz CT molecular complexity index is 599. The summed E-state index contributed by atoms with van der Waals surface area (Å²) >= 11 is 7.28. The van der Waals surface area contributed by atoms with Crippen molar-refractivity contribution >= 4 is 29.0 Å². The first-order chi connectivity index (χ1) is 10.1. The van der Waals surface area contributed by atoms with Gasteiger partial charge in [0.15, 0.2) is 0 Å². The average molecular weight is 325 g/mol. The summed E-state index contributed by atoms with van der Waals surface area (Å²) in [5.41, 5.74) is 1.87. The molecule has 21 heavy (non-hydrogen) atoms. The Balaban J connectivity index is 1.87. The van der Waals surface area contributed by atoms with Crippen LogP contribution in [-0.4, -0.2) is 16.0 Å². The highest BCUT2D eigenvalue weighted by Crippen LogP contribution is 2.20. The predicted octanol–water partition coefficient (Wildman–Crippen LogP) is 3.45. The number of aryl methyl sites for hydroxylation is 1. The van der Waals surface area contributed by atoms with Crippen molar-refractivity contribution < 1.29 is 4.79 Å². The lowest BCUT2D eigenvalue weighted by Crippen LogP contribution is -2.37. The molecule has 2 aromatic rings. The smallest absolute Gasteiger partial charge is 0.315 e. The van der Waals surface area contributed by atoms with Crippen molar-refractivity contribution in [2.45, 2.75) is 32.9 Å². The normalized spacial score (nSPS) is 12.0. The second kappa shape index (κ2) is 7.38. The second-order valence-corrected chi connectivity index (χ2v) is 5.88. The summed E-state index contributed by atoms with van der Waals surface area (Å²) in [7, 11) is 0. The highest BCUT2D eigenvalue weighted by atomic mass is 35.5. The Morgan fingerprint density at radius 3 is 2.86 bits per heavy atom. The molecule has 2 rings (SSSR count). The zero-order valence-corrected chi connectivity index (χ0v) is 13.5. The van der Waals surface area contributed by atoms with Crippen molar-refractivity contribution in [3.05, 3.63) is 45.1 Å². The lowest BCUT2D eigenvalue weighted by atomic mass is 10.2. The average Bonchev–Trinajstić information content (AvgIpc) is 2.90. The topological polar surface area (TPSA) is 66.9 Å². The third-order valence-electron chi connectivity index (χ3n) is 2.89. The second-order valence-electron chi connectivity index (χ2n) is 4.60. The number of halogens is 1. The summed E-state index contributed by atoms with van der Waals surface area (Å²) in [4.78, 5) is 20.3. The largest absolute Gasteiger partial charge is 0.334 e. The van der Waals surface area contributed by atoms with Gasteiger partial charge in [0.1, 0.15) is 10.2 Å². The van der Waals surface area contributed by atoms with Crippen molar-refractivity contribution in [1.82, 2.24) is 20.6 Å². The standard InChI is InChI=1S/C14H17ClN4OS/c1-3-11(13-18-9(2)8-21-13)19-14(20)17-7-10-4-5-12(15)16-6-10/h4-6,8,11H,3,7H2,1-2H3,(H2,17,19,20). The molecule has 0 aromatic carbocycles. The number of amides is 2. The van der Waals surface area contributed by atoms with E-state index < -0.39 is 0 Å². The van der Waals surface area contributed by atoms with E-state index in [0.717, 1.165) is 22.7 Å². The number of rotatable bonds is 5. The molecule has 2 aromatic heterocycles. The SMILES string of the molecule is CCC(NC(=O)NCc1ccc(Cl)nc1)c1nc(C)cs1. The fraction of sp³-hybridized carbons (Fsp3) is 0.357. The fourth-order valence-corrected chi connectivity index (χ4v) is 2.82. The lowest BCUT2D eigenvalue weighted by Gasteiger charge is -2.15. The maximum absolute atomic E-state index is 11.9. The molecule has 0 spiro atoms. The van der Waals surface area contributed by atoms with Gasteiger partial charge in [-0.25, -0.2) is 14.8 Å². The molecule has 0 bridgehead atoms. The molecule has 1 atom stereocenters. The third kappa shape index (κ3) is 4.68. The van der Waals surface area contributed by atoms with E-state index in [2.05, 4.69) is 20.6 Å². The van der Waals surface area contributed by atoms with Crippen LogP contribution in [-0.2, 0) is 6.54 Å². The van der Waals surface area contributed by atoms with Gasteiger partial charge in [0.2, 0.25) is 0 Å². The van der Waals surface area contributed by atoms with Gasteiger partial charge in [-0.3, -0.25) is 0 Å². The number of thiazole rings is 1. The summed E-state index contributed by atoms with van der Waals surface area (Å²) < 4.78 is 0. The van der Waals surface area contributed by atoms with E-state index in [0.29, 0.717) is 11.7 Å². The van der Waals surface area contributed by atoms with Crippen LogP contribution >= 0.6 is 22.9 Å². The van der Waals surface area contributed by atoms with Crippen molar-refractivity contribution in [3.63, 3.8) is 0 Å². The zero-order valence-electron chi connectivity index (χ0n) is 11.9. The van der Waals surface area contributed by atoms with Crippen LogP contribution < -0.4 is 10.6 Å². The maximum Gasteiger partial charge on any atom is 0.315 e. The summed E-state index contributed by atoms with van der Waals surface area (Å²) in [6.45, 7) is 4.37. The number of urea groups is 1. The van der Waals surface area contributed by atoms with Crippen LogP contribution in [0.4, 0.5) is 4.79 Å². The molecule has 0 aliphatic heterocycles. The number of nitrogens with zero attached hydrogens (tertiary/aromatic N) is 2. The number of pyridine rings is 1. The maximum atomic E-state index is 11.9. The van der Waals surface area contributed by atoms with Crippen LogP contribution in [0.1, 0.15) is 35.7 Å². The van der Waals surface area contributed by atoms with E-state index in [1.165, 1.54) is 0 Å². The Kier molecular flexibility index (Phi) is 5.52. The third-order valence-corrected chi connectivity index (χ3v) is 4.19. The molecule has 0 aliphatic rings. The molecule has 5 nitrogen and oxygen atoms in total. The monoisotopic (exact) mass is 324 g/mol. The molecule has 2 N–H and O–H groups in total. The van der Waals surface area contributed by atoms with Crippen molar-refractivity contribution in [2.75, 3.05) is 0 Å². The van der Waals surface area contributed by atoms with Gasteiger partial charge < -0.3 is 10.6 Å². The van der Waals surface area contributed by atoms with Crippen LogP contribution in [0.25, 0.3) is 0 Å². The van der Waals surface area contributed by atoms with E-state index in [4.69, 9.17) is 11.6 Å². The zero-order chi connectivity index (χ0) is 15.2. The van der Waals surface area contributed by atoms with E-state index in [9.17, 15) is 4.79 Å². The first-order valence-electron chi connectivity index (χ1n) is 6.65. The van der Waals surface area contributed by atoms with Crippen LogP contribution in [0, 0.1) is 6.92 Å². The Labute approximate surface area is 132 Å². The Hall–Kier alpha value is -1.66. The number of nitrogens with one attached hydrogen (secondary N) is 2. The summed E-state index contributed by atoms with van der Waals surface area (Å²) in [6, 6.07) is 3.25. The minimum Gasteiger partial charge on any atom is -0.334 e. The van der Waals surface area contributed by atoms with Crippen molar-refractivity contribution in [1.29, 1.82) is 0 Å². The molecule has 1 unspecified atom stereocenters. The molecule has 0 saturated carbocycles. The van der Waals surface area contributed by atoms with E-state index in [-0.39, 0.29) is 12.1 Å². The first-order valence-corrected chi connectivity index (χ1v) is 7.91. The van der Waals surface area contributed by atoms with Gasteiger partial charge in [0, 0.05) is 23.8 Å². The Morgan fingerprint density at radius 1 is 1.48 bits per heavy atom. The number of hydrogen-bond donors (Lipinski definition) is 2. The lowest BCUT2D eigenvalue weighted by molar-refractivity contribution is 0.236. The van der Waals surface area contributed by atoms with Gasteiger partial charge in [-0.05, 0) is 25.0 Å². The Morgan fingerprint density at radius 2 is 2.29 bits per heavy atom. The molecule has 0 radical (unpaired) electrons. The van der Waals surface area contributed by atoms with Crippen LogP contribution in [0.5, 0.6) is 0 Å². The summed E-state index contributed by atoms with van der Waals surface area (Å²) in [5.74, 6) is 0. The highest BCUT2D eigenvalue weighted by Gasteiger charge is 2.15. The van der Waals surface area contributed by atoms with Gasteiger partial charge in [0.05, 0.1) is 6.04 Å².